The maximum atomic E-state index is 5.61. The summed E-state index contributed by atoms with van der Waals surface area (Å²) in [6.45, 7) is 2.00. The minimum Gasteiger partial charge on any atom is -0.742 e. The third-order valence-electron chi connectivity index (χ3n) is 8.89. The van der Waals surface area contributed by atoms with Crippen LogP contribution < -0.4 is 0 Å². The predicted molar refractivity (Wildman–Crippen MR) is 233 cm³/mol. The molecule has 1 aliphatic carbocycles. The number of ether oxygens (including phenoxy) is 1. The molecule has 278 valence electrons. The van der Waals surface area contributed by atoms with Gasteiger partial charge in [-0.1, -0.05) is 109 Å². The van der Waals surface area contributed by atoms with Crippen molar-refractivity contribution in [3.63, 3.8) is 0 Å². The van der Waals surface area contributed by atoms with Gasteiger partial charge >= 0.3 is 46.9 Å². The van der Waals surface area contributed by atoms with Crippen molar-refractivity contribution < 1.29 is 51.7 Å². The number of hydrogen-bond donors (Lipinski definition) is 0. The van der Waals surface area contributed by atoms with Crippen LogP contribution in [0.15, 0.2) is 168 Å². The third kappa shape index (κ3) is 10.3. The molecule has 1 aliphatic heterocycles. The summed E-state index contributed by atoms with van der Waals surface area (Å²) in [4.78, 5) is 9.19. The molecule has 6 aromatic carbocycles. The summed E-state index contributed by atoms with van der Waals surface area (Å²) in [5, 5.41) is 5.91. The van der Waals surface area contributed by atoms with E-state index in [1.54, 1.807) is 0 Å². The third-order valence-corrected chi connectivity index (χ3v) is 9.44. The molecule has 0 bridgehead atoms. The van der Waals surface area contributed by atoms with Crippen LogP contribution in [0.3, 0.4) is 0 Å². The Hall–Kier alpha value is -3.82. The Kier molecular flexibility index (Phi) is 15.5. The summed E-state index contributed by atoms with van der Waals surface area (Å²) in [6.07, 6.45) is 12.6. The first-order valence-electron chi connectivity index (χ1n) is 18.0. The van der Waals surface area contributed by atoms with E-state index in [1.807, 2.05) is 126 Å². The van der Waals surface area contributed by atoms with Gasteiger partial charge in [0.15, 0.2) is 0 Å². The minimum atomic E-state index is 0. The molecule has 6 radical (unpaired) electrons. The van der Waals surface area contributed by atoms with Crippen molar-refractivity contribution in [3.05, 3.63) is 190 Å². The van der Waals surface area contributed by atoms with Gasteiger partial charge < -0.3 is 39.1 Å². The van der Waals surface area contributed by atoms with Crippen LogP contribution in [0.4, 0.5) is 11.4 Å². The van der Waals surface area contributed by atoms with Crippen molar-refractivity contribution in [2.45, 2.75) is 12.8 Å². The first kappa shape index (κ1) is 40.8. The Bertz CT molecular complexity index is 2190. The Morgan fingerprint density at radius 3 is 0.945 bits per heavy atom. The second-order valence-corrected chi connectivity index (χ2v) is 13.2. The molecule has 3 heterocycles. The Labute approximate surface area is 373 Å². The Balaban J connectivity index is 0.000000147. The SMILES string of the molecule is C1CCOC1.[CH]1[CH][CH][CH][CH]1.[S-]C(=Nc1ccccc1)n1c2ccccc2c2ccccc21.[S-]C(=Nc1ccccc1)n1c2ccccc2c2ccccc21.[Yb+3]. The maximum absolute atomic E-state index is 5.61. The molecule has 5 nitrogen and oxygen atoms in total. The van der Waals surface area contributed by atoms with Crippen molar-refractivity contribution in [1.82, 2.24) is 9.13 Å². The van der Waals surface area contributed by atoms with Crippen molar-refractivity contribution in [3.8, 4) is 0 Å². The molecular formula is C47H39N4OS2Yb+. The van der Waals surface area contributed by atoms with E-state index in [0.29, 0.717) is 10.3 Å². The zero-order valence-electron chi connectivity index (χ0n) is 30.0. The van der Waals surface area contributed by atoms with Gasteiger partial charge in [-0.05, 0) is 104 Å². The van der Waals surface area contributed by atoms with E-state index in [4.69, 9.17) is 30.0 Å². The van der Waals surface area contributed by atoms with E-state index < -0.39 is 0 Å². The molecule has 0 N–H and O–H groups in total. The fraction of sp³-hybridized carbons (Fsp3) is 0.0851. The van der Waals surface area contributed by atoms with Gasteiger partial charge in [-0.2, -0.15) is 0 Å². The standard InChI is InChI=1S/2C19H14N2S.C5H5.C4H8O.Yb/c2*22-19(20-14-8-2-1-3-9-14)21-17-12-6-4-10-15(17)16-11-5-7-13-18(16)21;2*1-2-4-5-3-1;/h2*1-13H,(H,20,22);1-5H;1-4H2;/q;;;;+3/p-2. The first-order valence-corrected chi connectivity index (χ1v) is 18.8. The first-order chi connectivity index (χ1) is 26.7. The number of rotatable bonds is 2. The maximum Gasteiger partial charge on any atom is 3.00 e. The van der Waals surface area contributed by atoms with Crippen molar-refractivity contribution in [2.75, 3.05) is 13.2 Å². The quantitative estimate of drug-likeness (QED) is 0.0986. The van der Waals surface area contributed by atoms with E-state index in [2.05, 4.69) is 82.8 Å². The van der Waals surface area contributed by atoms with E-state index in [1.165, 1.54) is 34.4 Å². The van der Waals surface area contributed by atoms with E-state index in [9.17, 15) is 0 Å². The summed E-state index contributed by atoms with van der Waals surface area (Å²) in [6, 6.07) is 52.8. The van der Waals surface area contributed by atoms with E-state index >= 15 is 0 Å². The largest absolute Gasteiger partial charge is 3.00 e. The van der Waals surface area contributed by atoms with Gasteiger partial charge in [0.1, 0.15) is 0 Å². The van der Waals surface area contributed by atoms with Crippen LogP contribution in [0.5, 0.6) is 0 Å². The molecular weight excluding hydrogens is 874 g/mol. The number of para-hydroxylation sites is 6. The average Bonchev–Trinajstić information content (AvgIpc) is 4.07. The molecule has 1 saturated carbocycles. The van der Waals surface area contributed by atoms with Gasteiger partial charge in [-0.3, -0.25) is 9.98 Å². The monoisotopic (exact) mass is 913 g/mol. The summed E-state index contributed by atoms with van der Waals surface area (Å²) in [5.41, 5.74) is 6.10. The normalized spacial score (nSPS) is 14.0. The Morgan fingerprint density at radius 2 is 0.673 bits per heavy atom. The molecule has 0 amide bonds. The van der Waals surface area contributed by atoms with Crippen molar-refractivity contribution in [1.29, 1.82) is 0 Å². The molecule has 0 atom stereocenters. The zero-order valence-corrected chi connectivity index (χ0v) is 33.4. The fourth-order valence-electron chi connectivity index (χ4n) is 6.41. The number of hydrogen-bond acceptors (Lipinski definition) is 5. The Morgan fingerprint density at radius 1 is 0.400 bits per heavy atom. The molecule has 0 unspecified atom stereocenters. The minimum absolute atomic E-state index is 0. The van der Waals surface area contributed by atoms with E-state index in [0.717, 1.165) is 46.7 Å². The molecule has 8 aromatic rings. The number of aliphatic imine (C=N–C) groups is 2. The van der Waals surface area contributed by atoms with Gasteiger partial charge in [0, 0.05) is 34.8 Å². The van der Waals surface area contributed by atoms with Gasteiger partial charge in [-0.25, -0.2) is 0 Å². The number of fused-ring (bicyclic) bond motifs is 6. The van der Waals surface area contributed by atoms with Crippen LogP contribution in [0.1, 0.15) is 12.8 Å². The van der Waals surface area contributed by atoms with Gasteiger partial charge in [0.2, 0.25) is 0 Å². The van der Waals surface area contributed by atoms with Gasteiger partial charge in [-0.15, -0.1) is 0 Å². The number of nitrogens with zero attached hydrogens (tertiary/aromatic N) is 4. The average molecular weight is 913 g/mol. The molecule has 10 rings (SSSR count). The van der Waals surface area contributed by atoms with E-state index in [-0.39, 0.29) is 46.9 Å². The second kappa shape index (κ2) is 20.9. The zero-order chi connectivity index (χ0) is 37.0. The number of benzene rings is 6. The van der Waals surface area contributed by atoms with Crippen molar-refractivity contribution in [2.24, 2.45) is 9.98 Å². The van der Waals surface area contributed by atoms with Gasteiger partial charge in [0.05, 0.1) is 33.4 Å². The summed E-state index contributed by atoms with van der Waals surface area (Å²) in [5.74, 6) is 0. The molecule has 55 heavy (non-hydrogen) atoms. The molecule has 2 aromatic heterocycles. The van der Waals surface area contributed by atoms with Crippen molar-refractivity contribution >= 4 is 90.6 Å². The molecule has 0 spiro atoms. The molecule has 2 aliphatic rings. The van der Waals surface area contributed by atoms with Crippen LogP contribution in [0.25, 0.3) is 43.6 Å². The van der Waals surface area contributed by atoms with Crippen LogP contribution in [0, 0.1) is 79.0 Å². The second-order valence-electron chi connectivity index (χ2n) is 12.5. The van der Waals surface area contributed by atoms with Crippen LogP contribution >= 0.6 is 0 Å². The topological polar surface area (TPSA) is 43.8 Å². The summed E-state index contributed by atoms with van der Waals surface area (Å²) < 4.78 is 9.04. The summed E-state index contributed by atoms with van der Waals surface area (Å²) >= 11 is 11.2. The predicted octanol–water partition coefficient (Wildman–Crippen LogP) is 11.6. The van der Waals surface area contributed by atoms with Crippen LogP contribution in [0.2, 0.25) is 0 Å². The summed E-state index contributed by atoms with van der Waals surface area (Å²) in [7, 11) is 0. The van der Waals surface area contributed by atoms with Gasteiger partial charge in [0.25, 0.3) is 0 Å². The fourth-order valence-corrected chi connectivity index (χ4v) is 7.02. The van der Waals surface area contributed by atoms with Crippen LogP contribution in [-0.4, -0.2) is 32.7 Å². The smallest absolute Gasteiger partial charge is 0.742 e. The molecule has 2 fully saturated rings. The molecule has 1 saturated heterocycles. The number of aromatic nitrogens is 2. The molecule has 8 heteroatoms. The van der Waals surface area contributed by atoms with Crippen LogP contribution in [-0.2, 0) is 30.0 Å².